The SMILES string of the molecule is O=CN1CCC(n2c(=O)n(Cc3cc[c]cc3)c(=O)c3cc(OC(CF)CF)c(F)cc32)CC1. The van der Waals surface area contributed by atoms with E-state index in [1.54, 1.807) is 29.2 Å². The molecule has 1 aromatic heterocycles. The summed E-state index contributed by atoms with van der Waals surface area (Å²) in [4.78, 5) is 39.5. The summed E-state index contributed by atoms with van der Waals surface area (Å²) in [6, 6.07) is 11.3. The van der Waals surface area contributed by atoms with Crippen molar-refractivity contribution in [3.8, 4) is 5.75 Å². The Morgan fingerprint density at radius 2 is 1.79 bits per heavy atom. The highest BCUT2D eigenvalue weighted by Gasteiger charge is 2.26. The number of amides is 1. The molecule has 0 spiro atoms. The number of rotatable bonds is 8. The first-order chi connectivity index (χ1) is 16.5. The van der Waals surface area contributed by atoms with Gasteiger partial charge in [0.1, 0.15) is 13.3 Å². The normalized spacial score (nSPS) is 14.6. The minimum absolute atomic E-state index is 0.00669. The fraction of sp³-hybridized carbons (Fsp3) is 0.375. The van der Waals surface area contributed by atoms with Gasteiger partial charge in [0.15, 0.2) is 17.7 Å². The molecular weight excluding hydrogens is 451 g/mol. The van der Waals surface area contributed by atoms with Gasteiger partial charge in [-0.25, -0.2) is 18.0 Å². The number of piperidine rings is 1. The molecule has 179 valence electrons. The number of hydrogen-bond acceptors (Lipinski definition) is 4. The lowest BCUT2D eigenvalue weighted by Gasteiger charge is -2.31. The van der Waals surface area contributed by atoms with Crippen molar-refractivity contribution >= 4 is 17.3 Å². The van der Waals surface area contributed by atoms with Crippen LogP contribution in [0.3, 0.4) is 0 Å². The van der Waals surface area contributed by atoms with Gasteiger partial charge in [-0.1, -0.05) is 24.3 Å². The average molecular weight is 474 g/mol. The summed E-state index contributed by atoms with van der Waals surface area (Å²) in [5.74, 6) is -1.40. The molecule has 2 aromatic carbocycles. The maximum absolute atomic E-state index is 14.9. The first-order valence-electron chi connectivity index (χ1n) is 10.9. The third-order valence-electron chi connectivity index (χ3n) is 6.00. The highest BCUT2D eigenvalue weighted by atomic mass is 19.1. The molecule has 1 amide bonds. The molecule has 1 aliphatic rings. The maximum Gasteiger partial charge on any atom is 0.332 e. The molecule has 0 atom stereocenters. The minimum Gasteiger partial charge on any atom is -0.482 e. The summed E-state index contributed by atoms with van der Waals surface area (Å²) in [5.41, 5.74) is -0.517. The Morgan fingerprint density at radius 1 is 1.12 bits per heavy atom. The Labute approximate surface area is 193 Å². The van der Waals surface area contributed by atoms with Crippen LogP contribution in [0.15, 0.2) is 46.0 Å². The van der Waals surface area contributed by atoms with Crippen molar-refractivity contribution in [3.05, 3.63) is 74.7 Å². The molecule has 0 N–H and O–H groups in total. The zero-order chi connectivity index (χ0) is 24.2. The molecule has 1 fully saturated rings. The first-order valence-corrected chi connectivity index (χ1v) is 10.9. The van der Waals surface area contributed by atoms with Crippen LogP contribution in [-0.4, -0.2) is 53.0 Å². The third-order valence-corrected chi connectivity index (χ3v) is 6.00. The Hall–Kier alpha value is -3.56. The van der Waals surface area contributed by atoms with E-state index in [-0.39, 0.29) is 23.5 Å². The van der Waals surface area contributed by atoms with Crippen molar-refractivity contribution in [1.82, 2.24) is 14.0 Å². The zero-order valence-electron chi connectivity index (χ0n) is 18.3. The lowest BCUT2D eigenvalue weighted by molar-refractivity contribution is -0.119. The quantitative estimate of drug-likeness (QED) is 0.471. The van der Waals surface area contributed by atoms with Crippen LogP contribution in [0.2, 0.25) is 0 Å². The fourth-order valence-corrected chi connectivity index (χ4v) is 4.20. The van der Waals surface area contributed by atoms with E-state index in [9.17, 15) is 27.6 Å². The van der Waals surface area contributed by atoms with Crippen LogP contribution in [0, 0.1) is 11.9 Å². The lowest BCUT2D eigenvalue weighted by atomic mass is 10.0. The van der Waals surface area contributed by atoms with Gasteiger partial charge in [0.25, 0.3) is 5.56 Å². The highest BCUT2D eigenvalue weighted by Crippen LogP contribution is 2.28. The first kappa shape index (κ1) is 23.6. The van der Waals surface area contributed by atoms with Gasteiger partial charge >= 0.3 is 5.69 Å². The number of carbonyl (C=O) groups is 1. The smallest absolute Gasteiger partial charge is 0.332 e. The van der Waals surface area contributed by atoms with Crippen molar-refractivity contribution in [1.29, 1.82) is 0 Å². The summed E-state index contributed by atoms with van der Waals surface area (Å²) >= 11 is 0. The van der Waals surface area contributed by atoms with E-state index in [4.69, 9.17) is 4.74 Å². The molecule has 2 heterocycles. The monoisotopic (exact) mass is 474 g/mol. The number of fused-ring (bicyclic) bond motifs is 1. The van der Waals surface area contributed by atoms with E-state index in [2.05, 4.69) is 6.07 Å². The van der Waals surface area contributed by atoms with Gasteiger partial charge in [0.05, 0.1) is 17.4 Å². The predicted molar refractivity (Wildman–Crippen MR) is 119 cm³/mol. The predicted octanol–water partition coefficient (Wildman–Crippen LogP) is 2.63. The molecular formula is C24H23F3N3O4. The number of halogens is 3. The van der Waals surface area contributed by atoms with Gasteiger partial charge in [-0.05, 0) is 30.5 Å². The van der Waals surface area contributed by atoms with E-state index in [1.807, 2.05) is 0 Å². The van der Waals surface area contributed by atoms with Crippen molar-refractivity contribution in [2.75, 3.05) is 26.4 Å². The van der Waals surface area contributed by atoms with Gasteiger partial charge in [0.2, 0.25) is 6.41 Å². The Kier molecular flexibility index (Phi) is 7.04. The Bertz CT molecular complexity index is 1280. The van der Waals surface area contributed by atoms with Crippen LogP contribution in [-0.2, 0) is 11.3 Å². The number of carbonyl (C=O) groups excluding carboxylic acids is 1. The topological polar surface area (TPSA) is 73.5 Å². The Morgan fingerprint density at radius 3 is 2.41 bits per heavy atom. The third kappa shape index (κ3) is 4.57. The van der Waals surface area contributed by atoms with E-state index < -0.39 is 42.3 Å². The van der Waals surface area contributed by atoms with Gasteiger partial charge < -0.3 is 9.64 Å². The van der Waals surface area contributed by atoms with Crippen LogP contribution in [0.5, 0.6) is 5.75 Å². The molecule has 3 aromatic rings. The number of ether oxygens (including phenoxy) is 1. The molecule has 1 saturated heterocycles. The molecule has 0 unspecified atom stereocenters. The zero-order valence-corrected chi connectivity index (χ0v) is 18.3. The minimum atomic E-state index is -1.51. The number of benzene rings is 2. The van der Waals surface area contributed by atoms with E-state index in [0.29, 0.717) is 31.5 Å². The van der Waals surface area contributed by atoms with Gasteiger partial charge in [-0.3, -0.25) is 18.7 Å². The van der Waals surface area contributed by atoms with Crippen LogP contribution in [0.1, 0.15) is 24.4 Å². The number of alkyl halides is 2. The van der Waals surface area contributed by atoms with Crippen LogP contribution < -0.4 is 16.0 Å². The number of likely N-dealkylation sites (tertiary alicyclic amines) is 1. The summed E-state index contributed by atoms with van der Waals surface area (Å²) < 4.78 is 48.3. The van der Waals surface area contributed by atoms with Crippen LogP contribution in [0.4, 0.5) is 13.2 Å². The van der Waals surface area contributed by atoms with Gasteiger partial charge in [-0.2, -0.15) is 0 Å². The second-order valence-corrected chi connectivity index (χ2v) is 8.17. The van der Waals surface area contributed by atoms with Crippen molar-refractivity contribution in [2.45, 2.75) is 31.5 Å². The second-order valence-electron chi connectivity index (χ2n) is 8.17. The molecule has 0 aliphatic carbocycles. The van der Waals surface area contributed by atoms with Crippen LogP contribution in [0.25, 0.3) is 10.9 Å². The summed E-state index contributed by atoms with van der Waals surface area (Å²) in [7, 11) is 0. The largest absolute Gasteiger partial charge is 0.482 e. The molecule has 34 heavy (non-hydrogen) atoms. The Balaban J connectivity index is 1.90. The maximum atomic E-state index is 14.9. The molecule has 1 radical (unpaired) electrons. The molecule has 1 aliphatic heterocycles. The van der Waals surface area contributed by atoms with E-state index in [0.717, 1.165) is 23.1 Å². The van der Waals surface area contributed by atoms with Crippen molar-refractivity contribution < 1.29 is 22.7 Å². The highest BCUT2D eigenvalue weighted by molar-refractivity contribution is 5.80. The van der Waals surface area contributed by atoms with Crippen molar-refractivity contribution in [2.24, 2.45) is 0 Å². The standard InChI is InChI=1S/C24H23F3N3O4/c25-12-18(13-26)34-22-10-19-21(11-20(22)27)30(17-6-8-28(15-31)9-7-17)24(33)29(23(19)32)14-16-4-2-1-3-5-16/h2-5,10-11,15,17-18H,6-9,12-14H2. The average Bonchev–Trinajstić information content (AvgIpc) is 2.87. The summed E-state index contributed by atoms with van der Waals surface area (Å²) in [6.45, 7) is -1.54. The second kappa shape index (κ2) is 10.1. The number of nitrogens with zero attached hydrogens (tertiary/aromatic N) is 3. The molecule has 0 bridgehead atoms. The lowest BCUT2D eigenvalue weighted by Crippen LogP contribution is -2.44. The van der Waals surface area contributed by atoms with Crippen molar-refractivity contribution in [3.63, 3.8) is 0 Å². The number of hydrogen-bond donors (Lipinski definition) is 0. The molecule has 7 nitrogen and oxygen atoms in total. The fourth-order valence-electron chi connectivity index (χ4n) is 4.20. The summed E-state index contributed by atoms with van der Waals surface area (Å²) in [6.07, 6.45) is 0.115. The summed E-state index contributed by atoms with van der Waals surface area (Å²) in [5, 5.41) is -0.00669. The van der Waals surface area contributed by atoms with Gasteiger partial charge in [0, 0.05) is 25.2 Å². The molecule has 0 saturated carbocycles. The van der Waals surface area contributed by atoms with E-state index >= 15 is 0 Å². The molecule has 4 rings (SSSR count). The number of aromatic nitrogens is 2. The molecule has 10 heteroatoms. The van der Waals surface area contributed by atoms with Gasteiger partial charge in [-0.15, -0.1) is 0 Å². The van der Waals surface area contributed by atoms with Crippen LogP contribution >= 0.6 is 0 Å². The van der Waals surface area contributed by atoms with E-state index in [1.165, 1.54) is 4.57 Å².